The van der Waals surface area contributed by atoms with Crippen molar-refractivity contribution in [2.24, 2.45) is 0 Å². The maximum absolute atomic E-state index is 12.0. The topological polar surface area (TPSA) is 76.0 Å². The smallest absolute Gasteiger partial charge is 0.270 e. The van der Waals surface area contributed by atoms with Crippen LogP contribution in [-0.2, 0) is 6.54 Å². The van der Waals surface area contributed by atoms with Crippen molar-refractivity contribution >= 4 is 17.5 Å². The predicted molar refractivity (Wildman–Crippen MR) is 69.0 cm³/mol. The molecule has 2 aromatic rings. The Bertz CT molecular complexity index is 633. The SMILES string of the molecule is O=C(Nc1ccn2c1C(=O)NCC2)c1cccnc1. The molecule has 1 aliphatic heterocycles. The standard InChI is InChI=1S/C13H12N4O2/c18-12(9-2-1-4-14-8-9)16-10-3-6-17-7-5-15-13(19)11(10)17/h1-4,6,8H,5,7H2,(H,15,19)(H,16,18). The minimum absolute atomic E-state index is 0.169. The second-order valence-corrected chi connectivity index (χ2v) is 4.22. The van der Waals surface area contributed by atoms with Gasteiger partial charge in [0.25, 0.3) is 11.8 Å². The minimum Gasteiger partial charge on any atom is -0.349 e. The number of amides is 2. The van der Waals surface area contributed by atoms with E-state index in [0.717, 1.165) is 0 Å². The van der Waals surface area contributed by atoms with Gasteiger partial charge in [0, 0.05) is 31.7 Å². The zero-order valence-corrected chi connectivity index (χ0v) is 10.1. The van der Waals surface area contributed by atoms with Gasteiger partial charge in [-0.05, 0) is 18.2 Å². The Balaban J connectivity index is 1.87. The molecule has 6 heteroatoms. The number of anilines is 1. The maximum Gasteiger partial charge on any atom is 0.270 e. The van der Waals surface area contributed by atoms with Crippen molar-refractivity contribution in [3.8, 4) is 0 Å². The lowest BCUT2D eigenvalue weighted by atomic mass is 10.2. The molecule has 2 aromatic heterocycles. The Hall–Kier alpha value is -2.63. The minimum atomic E-state index is -0.277. The zero-order valence-electron chi connectivity index (χ0n) is 10.1. The summed E-state index contributed by atoms with van der Waals surface area (Å²) in [6, 6.07) is 5.09. The first kappa shape index (κ1) is 11.5. The van der Waals surface area contributed by atoms with Gasteiger partial charge < -0.3 is 15.2 Å². The molecule has 19 heavy (non-hydrogen) atoms. The molecule has 96 valence electrons. The first-order valence-corrected chi connectivity index (χ1v) is 5.94. The van der Waals surface area contributed by atoms with Crippen molar-refractivity contribution in [1.29, 1.82) is 0 Å². The van der Waals surface area contributed by atoms with Crippen LogP contribution >= 0.6 is 0 Å². The first-order valence-electron chi connectivity index (χ1n) is 5.94. The molecule has 6 nitrogen and oxygen atoms in total. The lowest BCUT2D eigenvalue weighted by molar-refractivity contribution is 0.0929. The monoisotopic (exact) mass is 256 g/mol. The van der Waals surface area contributed by atoms with E-state index in [-0.39, 0.29) is 11.8 Å². The Morgan fingerprint density at radius 3 is 3.11 bits per heavy atom. The molecular formula is C13H12N4O2. The molecule has 0 aromatic carbocycles. The summed E-state index contributed by atoms with van der Waals surface area (Å²) in [6.45, 7) is 1.32. The first-order chi connectivity index (χ1) is 9.25. The summed E-state index contributed by atoms with van der Waals surface area (Å²) in [6.07, 6.45) is 4.88. The maximum atomic E-state index is 12.0. The number of carbonyl (C=O) groups is 2. The number of pyridine rings is 1. The predicted octanol–water partition coefficient (Wildman–Crippen LogP) is 0.879. The van der Waals surface area contributed by atoms with E-state index >= 15 is 0 Å². The van der Waals surface area contributed by atoms with Crippen LogP contribution in [-0.4, -0.2) is 27.9 Å². The molecule has 0 aliphatic carbocycles. The van der Waals surface area contributed by atoms with Crippen molar-refractivity contribution in [3.05, 3.63) is 48.0 Å². The quantitative estimate of drug-likeness (QED) is 0.837. The van der Waals surface area contributed by atoms with E-state index in [2.05, 4.69) is 15.6 Å². The number of hydrogen-bond donors (Lipinski definition) is 2. The molecule has 0 saturated carbocycles. The van der Waals surface area contributed by atoms with Crippen molar-refractivity contribution < 1.29 is 9.59 Å². The van der Waals surface area contributed by atoms with Crippen LogP contribution in [0.15, 0.2) is 36.8 Å². The third-order valence-corrected chi connectivity index (χ3v) is 2.99. The summed E-state index contributed by atoms with van der Waals surface area (Å²) in [5, 5.41) is 5.49. The van der Waals surface area contributed by atoms with Crippen LogP contribution in [0.25, 0.3) is 0 Å². The van der Waals surface area contributed by atoms with Crippen LogP contribution < -0.4 is 10.6 Å². The second kappa shape index (κ2) is 4.56. The molecule has 0 atom stereocenters. The van der Waals surface area contributed by atoms with E-state index in [1.807, 2.05) is 4.57 Å². The highest BCUT2D eigenvalue weighted by Gasteiger charge is 2.22. The highest BCUT2D eigenvalue weighted by Crippen LogP contribution is 2.20. The van der Waals surface area contributed by atoms with E-state index in [4.69, 9.17) is 0 Å². The number of nitrogens with one attached hydrogen (secondary N) is 2. The normalized spacial score (nSPS) is 13.6. The van der Waals surface area contributed by atoms with E-state index in [1.54, 1.807) is 30.6 Å². The van der Waals surface area contributed by atoms with E-state index < -0.39 is 0 Å². The van der Waals surface area contributed by atoms with Crippen LogP contribution in [0.5, 0.6) is 0 Å². The molecule has 1 aliphatic rings. The molecule has 0 spiro atoms. The van der Waals surface area contributed by atoms with E-state index in [9.17, 15) is 9.59 Å². The van der Waals surface area contributed by atoms with Gasteiger partial charge in [0.15, 0.2) is 0 Å². The largest absolute Gasteiger partial charge is 0.349 e. The van der Waals surface area contributed by atoms with Crippen molar-refractivity contribution in [1.82, 2.24) is 14.9 Å². The summed E-state index contributed by atoms with van der Waals surface area (Å²) < 4.78 is 1.83. The van der Waals surface area contributed by atoms with Gasteiger partial charge in [-0.15, -0.1) is 0 Å². The number of hydrogen-bond acceptors (Lipinski definition) is 3. The van der Waals surface area contributed by atoms with Crippen LogP contribution in [0.1, 0.15) is 20.8 Å². The molecule has 0 fully saturated rings. The summed E-state index contributed by atoms with van der Waals surface area (Å²) in [7, 11) is 0. The highest BCUT2D eigenvalue weighted by molar-refractivity contribution is 6.08. The molecule has 0 saturated heterocycles. The van der Waals surface area contributed by atoms with Crippen LogP contribution in [0.4, 0.5) is 5.69 Å². The molecule has 3 rings (SSSR count). The number of fused-ring (bicyclic) bond motifs is 1. The van der Waals surface area contributed by atoms with E-state index in [0.29, 0.717) is 30.0 Å². The van der Waals surface area contributed by atoms with Crippen molar-refractivity contribution in [2.75, 3.05) is 11.9 Å². The third kappa shape index (κ3) is 2.08. The number of nitrogens with zero attached hydrogens (tertiary/aromatic N) is 2. The second-order valence-electron chi connectivity index (χ2n) is 4.22. The lowest BCUT2D eigenvalue weighted by Gasteiger charge is -2.17. The summed E-state index contributed by atoms with van der Waals surface area (Å²) in [5.41, 5.74) is 1.47. The number of aromatic nitrogens is 2. The molecule has 0 radical (unpaired) electrons. The van der Waals surface area contributed by atoms with Crippen molar-refractivity contribution in [3.63, 3.8) is 0 Å². The Morgan fingerprint density at radius 2 is 2.32 bits per heavy atom. The highest BCUT2D eigenvalue weighted by atomic mass is 16.2. The van der Waals surface area contributed by atoms with Gasteiger partial charge >= 0.3 is 0 Å². The lowest BCUT2D eigenvalue weighted by Crippen LogP contribution is -2.35. The summed E-state index contributed by atoms with van der Waals surface area (Å²) in [5.74, 6) is -0.446. The Morgan fingerprint density at radius 1 is 1.42 bits per heavy atom. The van der Waals surface area contributed by atoms with Gasteiger partial charge in [-0.25, -0.2) is 0 Å². The fourth-order valence-electron chi connectivity index (χ4n) is 2.08. The van der Waals surface area contributed by atoms with E-state index in [1.165, 1.54) is 6.20 Å². The summed E-state index contributed by atoms with van der Waals surface area (Å²) >= 11 is 0. The van der Waals surface area contributed by atoms with Crippen LogP contribution in [0, 0.1) is 0 Å². The molecule has 2 amide bonds. The average molecular weight is 256 g/mol. The Labute approximate surface area is 109 Å². The third-order valence-electron chi connectivity index (χ3n) is 2.99. The fourth-order valence-corrected chi connectivity index (χ4v) is 2.08. The van der Waals surface area contributed by atoms with Gasteiger partial charge in [0.2, 0.25) is 0 Å². The molecular weight excluding hydrogens is 244 g/mol. The molecule has 3 heterocycles. The van der Waals surface area contributed by atoms with Crippen LogP contribution in [0.3, 0.4) is 0 Å². The average Bonchev–Trinajstić information content (AvgIpc) is 2.84. The summed E-state index contributed by atoms with van der Waals surface area (Å²) in [4.78, 5) is 27.7. The van der Waals surface area contributed by atoms with Crippen molar-refractivity contribution in [2.45, 2.75) is 6.54 Å². The van der Waals surface area contributed by atoms with Gasteiger partial charge in [-0.2, -0.15) is 0 Å². The van der Waals surface area contributed by atoms with Gasteiger partial charge in [-0.3, -0.25) is 14.6 Å². The zero-order chi connectivity index (χ0) is 13.2. The fraction of sp³-hybridized carbons (Fsp3) is 0.154. The number of rotatable bonds is 2. The van der Waals surface area contributed by atoms with Gasteiger partial charge in [0.05, 0.1) is 11.3 Å². The molecule has 2 N–H and O–H groups in total. The number of carbonyl (C=O) groups excluding carboxylic acids is 2. The van der Waals surface area contributed by atoms with Crippen LogP contribution in [0.2, 0.25) is 0 Å². The van der Waals surface area contributed by atoms with Gasteiger partial charge in [0.1, 0.15) is 5.69 Å². The molecule has 0 bridgehead atoms. The molecule has 0 unspecified atom stereocenters. The van der Waals surface area contributed by atoms with Gasteiger partial charge in [-0.1, -0.05) is 0 Å². The Kier molecular flexibility index (Phi) is 2.75.